The molecule has 0 spiro atoms. The smallest absolute Gasteiger partial charge is 0.339 e. The molecule has 0 saturated heterocycles. The molecule has 1 unspecified atom stereocenters. The number of halogens is 1. The van der Waals surface area contributed by atoms with Crippen LogP contribution >= 0.6 is 11.6 Å². The van der Waals surface area contributed by atoms with Crippen LogP contribution in [0.5, 0.6) is 0 Å². The maximum Gasteiger partial charge on any atom is 0.339 e. The number of nitrogens with zero attached hydrogens (tertiary/aromatic N) is 2. The highest BCUT2D eigenvalue weighted by Gasteiger charge is 2.27. The van der Waals surface area contributed by atoms with E-state index < -0.39 is 5.97 Å². The van der Waals surface area contributed by atoms with Crippen LogP contribution in [0.2, 0.25) is 5.02 Å². The summed E-state index contributed by atoms with van der Waals surface area (Å²) in [7, 11) is 0. The lowest BCUT2D eigenvalue weighted by molar-refractivity contribution is 0.0694. The number of hydrogen-bond donors (Lipinski definition) is 1. The quantitative estimate of drug-likeness (QED) is 0.595. The fourth-order valence-corrected chi connectivity index (χ4v) is 3.57. The van der Waals surface area contributed by atoms with Gasteiger partial charge in [0.25, 0.3) is 0 Å². The normalized spacial score (nSPS) is 12.3. The molecule has 1 atom stereocenters. The highest BCUT2D eigenvalue weighted by Crippen LogP contribution is 2.30. The number of carboxylic acid groups (broad SMARTS) is 1. The minimum Gasteiger partial charge on any atom is -0.478 e. The van der Waals surface area contributed by atoms with Crippen LogP contribution in [-0.2, 0) is 6.42 Å². The Balaban J connectivity index is 2.11. The summed E-state index contributed by atoms with van der Waals surface area (Å²) in [6, 6.07) is 17.4. The van der Waals surface area contributed by atoms with Gasteiger partial charge in [0.1, 0.15) is 5.56 Å². The van der Waals surface area contributed by atoms with E-state index in [9.17, 15) is 9.90 Å². The molecular formula is C22H23ClN2O2. The topological polar surface area (TPSA) is 55.1 Å². The molecule has 5 heteroatoms. The van der Waals surface area contributed by atoms with Crippen molar-refractivity contribution in [2.45, 2.75) is 39.0 Å². The third-order valence-corrected chi connectivity index (χ3v) is 4.91. The Kier molecular flexibility index (Phi) is 5.66. The van der Waals surface area contributed by atoms with Gasteiger partial charge < -0.3 is 5.11 Å². The first-order valence-corrected chi connectivity index (χ1v) is 9.42. The third-order valence-electron chi connectivity index (χ3n) is 4.68. The Labute approximate surface area is 164 Å². The minimum atomic E-state index is -0.942. The average Bonchev–Trinajstić information content (AvgIpc) is 3.02. The second-order valence-corrected chi connectivity index (χ2v) is 7.51. The van der Waals surface area contributed by atoms with Crippen molar-refractivity contribution in [1.82, 2.24) is 9.78 Å². The number of carboxylic acids is 1. The van der Waals surface area contributed by atoms with E-state index in [-0.39, 0.29) is 11.8 Å². The van der Waals surface area contributed by atoms with Gasteiger partial charge >= 0.3 is 5.97 Å². The molecule has 2 aromatic carbocycles. The number of rotatable bonds is 6. The second-order valence-electron chi connectivity index (χ2n) is 7.07. The van der Waals surface area contributed by atoms with Crippen molar-refractivity contribution in [3.8, 4) is 5.69 Å². The van der Waals surface area contributed by atoms with Gasteiger partial charge in [-0.15, -0.1) is 0 Å². The maximum absolute atomic E-state index is 12.1. The number of aromatic carboxylic acids is 1. The SMILES string of the molecule is CC(C)c1c(C(=O)O)c(CC(C)c2ccccc2)nn1-c1cccc(Cl)c1. The number of aromatic nitrogens is 2. The van der Waals surface area contributed by atoms with Gasteiger partial charge in [-0.3, -0.25) is 0 Å². The minimum absolute atomic E-state index is 0.00311. The van der Waals surface area contributed by atoms with Gasteiger partial charge in [0.2, 0.25) is 0 Å². The summed E-state index contributed by atoms with van der Waals surface area (Å²) in [5, 5.41) is 15.2. The zero-order valence-electron chi connectivity index (χ0n) is 15.7. The molecule has 0 fully saturated rings. The first-order chi connectivity index (χ1) is 12.9. The van der Waals surface area contributed by atoms with E-state index in [0.29, 0.717) is 28.4 Å². The van der Waals surface area contributed by atoms with Crippen LogP contribution in [0.3, 0.4) is 0 Å². The van der Waals surface area contributed by atoms with E-state index in [0.717, 1.165) is 11.3 Å². The summed E-state index contributed by atoms with van der Waals surface area (Å²) in [5.74, 6) is -0.780. The van der Waals surface area contributed by atoms with Gasteiger partial charge in [-0.25, -0.2) is 9.48 Å². The van der Waals surface area contributed by atoms with E-state index in [2.05, 4.69) is 19.1 Å². The highest BCUT2D eigenvalue weighted by molar-refractivity contribution is 6.30. The number of benzene rings is 2. The number of hydrogen-bond acceptors (Lipinski definition) is 2. The first-order valence-electron chi connectivity index (χ1n) is 9.04. The lowest BCUT2D eigenvalue weighted by Crippen LogP contribution is -2.09. The van der Waals surface area contributed by atoms with Crippen LogP contribution in [0.15, 0.2) is 54.6 Å². The molecule has 0 amide bonds. The highest BCUT2D eigenvalue weighted by atomic mass is 35.5. The molecule has 0 aliphatic rings. The van der Waals surface area contributed by atoms with Crippen molar-refractivity contribution in [1.29, 1.82) is 0 Å². The summed E-state index contributed by atoms with van der Waals surface area (Å²) in [6.07, 6.45) is 0.554. The molecule has 0 aliphatic carbocycles. The first kappa shape index (κ1) is 19.2. The average molecular weight is 383 g/mol. The van der Waals surface area contributed by atoms with Crippen LogP contribution < -0.4 is 0 Å². The predicted molar refractivity (Wildman–Crippen MR) is 108 cm³/mol. The van der Waals surface area contributed by atoms with Crippen LogP contribution in [0.1, 0.15) is 59.9 Å². The molecule has 0 radical (unpaired) electrons. The second kappa shape index (κ2) is 7.97. The van der Waals surface area contributed by atoms with E-state index in [4.69, 9.17) is 16.7 Å². The van der Waals surface area contributed by atoms with E-state index >= 15 is 0 Å². The summed E-state index contributed by atoms with van der Waals surface area (Å²) in [5.41, 5.74) is 3.53. The Bertz CT molecular complexity index is 948. The van der Waals surface area contributed by atoms with E-state index in [1.807, 2.05) is 44.2 Å². The fourth-order valence-electron chi connectivity index (χ4n) is 3.38. The lowest BCUT2D eigenvalue weighted by atomic mass is 9.93. The molecule has 1 aromatic heterocycles. The summed E-state index contributed by atoms with van der Waals surface area (Å²) >= 11 is 6.14. The van der Waals surface area contributed by atoms with Gasteiger partial charge in [-0.2, -0.15) is 5.10 Å². The van der Waals surface area contributed by atoms with Gasteiger partial charge in [-0.05, 0) is 42.0 Å². The van der Waals surface area contributed by atoms with Crippen LogP contribution in [0.4, 0.5) is 0 Å². The molecule has 3 aromatic rings. The Morgan fingerprint density at radius 2 is 1.81 bits per heavy atom. The molecule has 27 heavy (non-hydrogen) atoms. The Hall–Kier alpha value is -2.59. The van der Waals surface area contributed by atoms with Gasteiger partial charge in [0.15, 0.2) is 0 Å². The largest absolute Gasteiger partial charge is 0.478 e. The van der Waals surface area contributed by atoms with Crippen molar-refractivity contribution < 1.29 is 9.90 Å². The standard InChI is InChI=1S/C22H23ClN2O2/c1-14(2)21-20(22(26)27)19(12-15(3)16-8-5-4-6-9-16)24-25(21)18-11-7-10-17(23)13-18/h4-11,13-15H,12H2,1-3H3,(H,26,27). The summed E-state index contributed by atoms with van der Waals surface area (Å²) < 4.78 is 1.73. The Morgan fingerprint density at radius 1 is 1.11 bits per heavy atom. The molecule has 0 saturated carbocycles. The molecule has 0 aliphatic heterocycles. The number of carbonyl (C=O) groups is 1. The lowest BCUT2D eigenvalue weighted by Gasteiger charge is -2.12. The monoisotopic (exact) mass is 382 g/mol. The zero-order valence-corrected chi connectivity index (χ0v) is 16.4. The van der Waals surface area contributed by atoms with E-state index in [1.54, 1.807) is 16.8 Å². The van der Waals surface area contributed by atoms with Crippen LogP contribution in [-0.4, -0.2) is 20.9 Å². The van der Waals surface area contributed by atoms with Crippen LogP contribution in [0, 0.1) is 0 Å². The van der Waals surface area contributed by atoms with Gasteiger partial charge in [0, 0.05) is 5.02 Å². The van der Waals surface area contributed by atoms with Gasteiger partial charge in [-0.1, -0.05) is 68.8 Å². The molecule has 1 heterocycles. The summed E-state index contributed by atoms with van der Waals surface area (Å²) in [6.45, 7) is 6.05. The maximum atomic E-state index is 12.1. The molecule has 3 rings (SSSR count). The molecule has 140 valence electrons. The van der Waals surface area contributed by atoms with Crippen molar-refractivity contribution >= 4 is 17.6 Å². The molecule has 1 N–H and O–H groups in total. The Morgan fingerprint density at radius 3 is 2.41 bits per heavy atom. The fraction of sp³-hybridized carbons (Fsp3) is 0.273. The third kappa shape index (κ3) is 4.06. The molecular weight excluding hydrogens is 360 g/mol. The zero-order chi connectivity index (χ0) is 19.6. The van der Waals surface area contributed by atoms with E-state index in [1.165, 1.54) is 0 Å². The molecule has 0 bridgehead atoms. The molecule has 4 nitrogen and oxygen atoms in total. The van der Waals surface area contributed by atoms with Crippen molar-refractivity contribution in [3.05, 3.63) is 82.1 Å². The van der Waals surface area contributed by atoms with Crippen molar-refractivity contribution in [3.63, 3.8) is 0 Å². The van der Waals surface area contributed by atoms with Crippen molar-refractivity contribution in [2.24, 2.45) is 0 Å². The van der Waals surface area contributed by atoms with Crippen LogP contribution in [0.25, 0.3) is 5.69 Å². The van der Waals surface area contributed by atoms with Crippen molar-refractivity contribution in [2.75, 3.05) is 0 Å². The summed E-state index contributed by atoms with van der Waals surface area (Å²) in [4.78, 5) is 12.1. The van der Waals surface area contributed by atoms with Gasteiger partial charge in [0.05, 0.1) is 17.1 Å². The predicted octanol–water partition coefficient (Wildman–Crippen LogP) is 5.69.